The van der Waals surface area contributed by atoms with Crippen molar-refractivity contribution in [2.24, 2.45) is 35.5 Å². The van der Waals surface area contributed by atoms with Gasteiger partial charge in [0.25, 0.3) is 0 Å². The smallest absolute Gasteiger partial charge is 0.134 e. The summed E-state index contributed by atoms with van der Waals surface area (Å²) in [5.41, 5.74) is 0. The summed E-state index contributed by atoms with van der Waals surface area (Å²) in [6, 6.07) is 0. The van der Waals surface area contributed by atoms with Crippen molar-refractivity contribution in [3.63, 3.8) is 0 Å². The molecule has 3 aliphatic rings. The first kappa shape index (κ1) is 24.5. The van der Waals surface area contributed by atoms with Crippen molar-refractivity contribution >= 4 is 0 Å². The van der Waals surface area contributed by atoms with E-state index in [0.717, 1.165) is 56.3 Å². The number of hydrogen-bond donors (Lipinski definition) is 0. The third kappa shape index (κ3) is 6.68. The lowest BCUT2D eigenvalue weighted by molar-refractivity contribution is -0.0176. The highest BCUT2D eigenvalue weighted by molar-refractivity contribution is 4.93. The second-order valence-corrected chi connectivity index (χ2v) is 11.3. The maximum absolute atomic E-state index is 15.0. The van der Waals surface area contributed by atoms with Gasteiger partial charge in [-0.05, 0) is 93.3 Å². The summed E-state index contributed by atoms with van der Waals surface area (Å²) in [5.74, 6) is 3.26. The van der Waals surface area contributed by atoms with Gasteiger partial charge in [0.15, 0.2) is 0 Å². The van der Waals surface area contributed by atoms with Crippen LogP contribution in [-0.2, 0) is 0 Å². The van der Waals surface area contributed by atoms with Crippen LogP contribution in [0, 0.1) is 35.5 Å². The van der Waals surface area contributed by atoms with Crippen LogP contribution in [0.1, 0.15) is 129 Å². The highest BCUT2D eigenvalue weighted by atomic mass is 19.2. The van der Waals surface area contributed by atoms with Crippen LogP contribution in [0.5, 0.6) is 0 Å². The van der Waals surface area contributed by atoms with Gasteiger partial charge in [-0.1, -0.05) is 71.6 Å². The van der Waals surface area contributed by atoms with E-state index < -0.39 is 12.3 Å². The van der Waals surface area contributed by atoms with Crippen molar-refractivity contribution < 1.29 is 8.78 Å². The van der Waals surface area contributed by atoms with Crippen molar-refractivity contribution in [3.05, 3.63) is 0 Å². The summed E-state index contributed by atoms with van der Waals surface area (Å²) in [4.78, 5) is 0. The highest BCUT2D eigenvalue weighted by Crippen LogP contribution is 2.48. The normalized spacial score (nSPS) is 40.4. The Labute approximate surface area is 186 Å². The van der Waals surface area contributed by atoms with E-state index in [2.05, 4.69) is 13.8 Å². The highest BCUT2D eigenvalue weighted by Gasteiger charge is 2.44. The Hall–Kier alpha value is -0.140. The molecule has 0 heterocycles. The molecule has 176 valence electrons. The van der Waals surface area contributed by atoms with E-state index in [-0.39, 0.29) is 11.8 Å². The molecule has 0 aromatic carbocycles. The maximum Gasteiger partial charge on any atom is 0.134 e. The van der Waals surface area contributed by atoms with Crippen LogP contribution >= 0.6 is 0 Å². The van der Waals surface area contributed by atoms with E-state index >= 15 is 4.39 Å². The molecule has 0 aromatic rings. The van der Waals surface area contributed by atoms with Gasteiger partial charge in [-0.3, -0.25) is 0 Å². The van der Waals surface area contributed by atoms with E-state index in [1.807, 2.05) is 0 Å². The lowest BCUT2D eigenvalue weighted by atomic mass is 9.64. The molecule has 4 unspecified atom stereocenters. The monoisotopic (exact) mass is 424 g/mol. The Balaban J connectivity index is 1.37. The van der Waals surface area contributed by atoms with Crippen molar-refractivity contribution in [2.75, 3.05) is 0 Å². The van der Waals surface area contributed by atoms with Gasteiger partial charge in [0.05, 0.1) is 0 Å². The topological polar surface area (TPSA) is 0 Å². The molecule has 0 aromatic heterocycles. The molecule has 30 heavy (non-hydrogen) atoms. The first-order chi connectivity index (χ1) is 14.6. The number of alkyl halides is 2. The third-order valence-electron chi connectivity index (χ3n) is 9.41. The molecule has 3 saturated carbocycles. The number of halogens is 2. The molecule has 4 atom stereocenters. The van der Waals surface area contributed by atoms with Crippen LogP contribution in [0.25, 0.3) is 0 Å². The zero-order valence-electron chi connectivity index (χ0n) is 20.1. The maximum atomic E-state index is 15.0. The van der Waals surface area contributed by atoms with Crippen molar-refractivity contribution in [3.8, 4) is 0 Å². The van der Waals surface area contributed by atoms with Crippen LogP contribution in [0.4, 0.5) is 8.78 Å². The fraction of sp³-hybridized carbons (Fsp3) is 1.00. The summed E-state index contributed by atoms with van der Waals surface area (Å²) < 4.78 is 29.8. The zero-order chi connectivity index (χ0) is 21.3. The standard InChI is InChI=1S/C28H50F2/c1-3-5-7-9-21-11-13-22(14-12-21)23-15-17-24(18-16-23)26-20-19-25(10-8-6-4-2)27(29)28(26)30/h21-28H,3-20H2,1-2H3. The quantitative estimate of drug-likeness (QED) is 0.306. The minimum Gasteiger partial charge on any atom is -0.244 e. The Bertz CT molecular complexity index is 448. The molecular weight excluding hydrogens is 374 g/mol. The van der Waals surface area contributed by atoms with Crippen LogP contribution in [0.3, 0.4) is 0 Å². The van der Waals surface area contributed by atoms with Gasteiger partial charge in [0, 0.05) is 0 Å². The van der Waals surface area contributed by atoms with Crippen LogP contribution < -0.4 is 0 Å². The van der Waals surface area contributed by atoms with Gasteiger partial charge in [0.1, 0.15) is 12.3 Å². The Kier molecular flexibility index (Phi) is 10.4. The van der Waals surface area contributed by atoms with E-state index in [1.54, 1.807) is 0 Å². The molecule has 3 fully saturated rings. The SMILES string of the molecule is CCCCCC1CCC(C2CCC(C3CCC(CCCCC)C(F)C3F)CC2)CC1. The zero-order valence-corrected chi connectivity index (χ0v) is 20.1. The molecule has 3 rings (SSSR count). The summed E-state index contributed by atoms with van der Waals surface area (Å²) in [6.07, 6.45) is 20.1. The number of rotatable bonds is 10. The third-order valence-corrected chi connectivity index (χ3v) is 9.41. The van der Waals surface area contributed by atoms with Crippen LogP contribution in [-0.4, -0.2) is 12.3 Å². The summed E-state index contributed by atoms with van der Waals surface area (Å²) in [6.45, 7) is 4.47. The average molecular weight is 425 g/mol. The lowest BCUT2D eigenvalue weighted by Gasteiger charge is -2.43. The molecular formula is C28H50F2. The predicted octanol–water partition coefficient (Wildman–Crippen LogP) is 9.46. The van der Waals surface area contributed by atoms with Gasteiger partial charge < -0.3 is 0 Å². The summed E-state index contributed by atoms with van der Waals surface area (Å²) in [5, 5.41) is 0. The molecule has 0 N–H and O–H groups in total. The molecule has 0 spiro atoms. The molecule has 0 saturated heterocycles. The molecule has 2 heteroatoms. The van der Waals surface area contributed by atoms with E-state index in [9.17, 15) is 4.39 Å². The minimum atomic E-state index is -1.19. The molecule has 0 aliphatic heterocycles. The van der Waals surface area contributed by atoms with Gasteiger partial charge in [0.2, 0.25) is 0 Å². The second-order valence-electron chi connectivity index (χ2n) is 11.3. The van der Waals surface area contributed by atoms with E-state index in [1.165, 1.54) is 77.0 Å². The number of hydrogen-bond acceptors (Lipinski definition) is 0. The van der Waals surface area contributed by atoms with Gasteiger partial charge >= 0.3 is 0 Å². The first-order valence-corrected chi connectivity index (χ1v) is 13.9. The van der Waals surface area contributed by atoms with Crippen LogP contribution in [0.2, 0.25) is 0 Å². The van der Waals surface area contributed by atoms with Crippen molar-refractivity contribution in [2.45, 2.75) is 142 Å². The Morgan fingerprint density at radius 3 is 1.67 bits per heavy atom. The van der Waals surface area contributed by atoms with Gasteiger partial charge in [-0.25, -0.2) is 8.78 Å². The Morgan fingerprint density at radius 1 is 0.533 bits per heavy atom. The molecule has 3 aliphatic carbocycles. The van der Waals surface area contributed by atoms with Crippen molar-refractivity contribution in [1.82, 2.24) is 0 Å². The van der Waals surface area contributed by atoms with E-state index in [4.69, 9.17) is 0 Å². The minimum absolute atomic E-state index is 0.00773. The average Bonchev–Trinajstić information content (AvgIpc) is 2.78. The first-order valence-electron chi connectivity index (χ1n) is 13.9. The van der Waals surface area contributed by atoms with E-state index in [0.29, 0.717) is 5.92 Å². The molecule has 0 amide bonds. The predicted molar refractivity (Wildman–Crippen MR) is 125 cm³/mol. The fourth-order valence-corrected chi connectivity index (χ4v) is 7.35. The fourth-order valence-electron chi connectivity index (χ4n) is 7.35. The largest absolute Gasteiger partial charge is 0.244 e. The second kappa shape index (κ2) is 12.8. The molecule has 0 radical (unpaired) electrons. The van der Waals surface area contributed by atoms with Crippen LogP contribution in [0.15, 0.2) is 0 Å². The summed E-state index contributed by atoms with van der Waals surface area (Å²) in [7, 11) is 0. The van der Waals surface area contributed by atoms with Gasteiger partial charge in [-0.15, -0.1) is 0 Å². The lowest BCUT2D eigenvalue weighted by Crippen LogP contribution is -2.42. The molecule has 0 bridgehead atoms. The molecule has 0 nitrogen and oxygen atoms in total. The Morgan fingerprint density at radius 2 is 1.07 bits per heavy atom. The summed E-state index contributed by atoms with van der Waals surface area (Å²) >= 11 is 0. The van der Waals surface area contributed by atoms with Crippen molar-refractivity contribution in [1.29, 1.82) is 0 Å². The number of unbranched alkanes of at least 4 members (excludes halogenated alkanes) is 4. The van der Waals surface area contributed by atoms with Gasteiger partial charge in [-0.2, -0.15) is 0 Å².